The Hall–Kier alpha value is -1.31. The van der Waals surface area contributed by atoms with Crippen LogP contribution < -0.4 is 11.1 Å². The first-order valence-corrected chi connectivity index (χ1v) is 5.06. The van der Waals surface area contributed by atoms with Gasteiger partial charge in [0.05, 0.1) is 6.20 Å². The van der Waals surface area contributed by atoms with Crippen molar-refractivity contribution in [1.82, 2.24) is 15.1 Å². The lowest BCUT2D eigenvalue weighted by Crippen LogP contribution is -2.29. The number of rotatable bonds is 5. The van der Waals surface area contributed by atoms with E-state index >= 15 is 0 Å². The first kappa shape index (κ1) is 11.8. The molecule has 1 aromatic rings. The van der Waals surface area contributed by atoms with Crippen LogP contribution in [0.5, 0.6) is 0 Å². The van der Waals surface area contributed by atoms with E-state index in [4.69, 9.17) is 12.2 Å². The zero-order valence-corrected chi connectivity index (χ0v) is 9.33. The highest BCUT2D eigenvalue weighted by molar-refractivity contribution is 5.20. The smallest absolute Gasteiger partial charge is 0.0540 e. The first-order valence-electron chi connectivity index (χ1n) is 5.06. The van der Waals surface area contributed by atoms with Crippen LogP contribution in [0.25, 0.3) is 0 Å². The predicted octanol–water partition coefficient (Wildman–Crippen LogP) is 0.341. The molecule has 4 heteroatoms. The van der Waals surface area contributed by atoms with Gasteiger partial charge < -0.3 is 11.1 Å². The minimum atomic E-state index is 0.145. The van der Waals surface area contributed by atoms with Crippen LogP contribution in [-0.2, 0) is 7.05 Å². The summed E-state index contributed by atoms with van der Waals surface area (Å²) >= 11 is 0. The summed E-state index contributed by atoms with van der Waals surface area (Å²) in [4.78, 5) is 0. The monoisotopic (exact) mass is 206 g/mol. The second kappa shape index (κ2) is 5.54. The molecule has 0 saturated carbocycles. The molecule has 0 aliphatic rings. The Morgan fingerprint density at radius 1 is 1.73 bits per heavy atom. The fourth-order valence-electron chi connectivity index (χ4n) is 1.50. The fraction of sp³-hybridized carbons (Fsp3) is 0.545. The molecular formula is C11H18N4. The zero-order valence-electron chi connectivity index (χ0n) is 9.33. The number of nitrogens with zero attached hydrogens (tertiary/aromatic N) is 2. The van der Waals surface area contributed by atoms with Crippen molar-refractivity contribution in [3.05, 3.63) is 17.5 Å². The molecule has 0 radical (unpaired) electrons. The summed E-state index contributed by atoms with van der Waals surface area (Å²) in [5.41, 5.74) is 8.00. The fourth-order valence-corrected chi connectivity index (χ4v) is 1.50. The molecule has 1 heterocycles. The Labute approximate surface area is 90.8 Å². The maximum Gasteiger partial charge on any atom is 0.0540 e. The molecule has 82 valence electrons. The largest absolute Gasteiger partial charge is 0.329 e. The van der Waals surface area contributed by atoms with Crippen LogP contribution in [0.4, 0.5) is 0 Å². The molecule has 0 aromatic carbocycles. The second-order valence-corrected chi connectivity index (χ2v) is 3.51. The SMILES string of the molecule is C#CCCNC(CN)c1cnn(C)c1C. The van der Waals surface area contributed by atoms with Crippen LogP contribution in [0.15, 0.2) is 6.20 Å². The van der Waals surface area contributed by atoms with Crippen molar-refractivity contribution in [2.24, 2.45) is 12.8 Å². The molecule has 0 amide bonds. The van der Waals surface area contributed by atoms with Gasteiger partial charge in [-0.2, -0.15) is 5.10 Å². The lowest BCUT2D eigenvalue weighted by molar-refractivity contribution is 0.547. The third kappa shape index (κ3) is 2.82. The average Bonchev–Trinajstić information content (AvgIpc) is 2.56. The molecule has 0 saturated heterocycles. The summed E-state index contributed by atoms with van der Waals surface area (Å²) in [6.45, 7) is 3.37. The van der Waals surface area contributed by atoms with E-state index in [1.807, 2.05) is 24.9 Å². The topological polar surface area (TPSA) is 55.9 Å². The summed E-state index contributed by atoms with van der Waals surface area (Å²) in [5.74, 6) is 2.59. The number of hydrogen-bond acceptors (Lipinski definition) is 3. The van der Waals surface area contributed by atoms with Crippen LogP contribution in [-0.4, -0.2) is 22.9 Å². The lowest BCUT2D eigenvalue weighted by atomic mass is 10.1. The Kier molecular flexibility index (Phi) is 4.35. The number of nitrogens with two attached hydrogens (primary N) is 1. The summed E-state index contributed by atoms with van der Waals surface area (Å²) in [6, 6.07) is 0.145. The first-order chi connectivity index (χ1) is 7.20. The highest BCUT2D eigenvalue weighted by Crippen LogP contribution is 2.15. The van der Waals surface area contributed by atoms with Crippen molar-refractivity contribution < 1.29 is 0 Å². The van der Waals surface area contributed by atoms with Gasteiger partial charge in [0.25, 0.3) is 0 Å². The minimum absolute atomic E-state index is 0.145. The van der Waals surface area contributed by atoms with Crippen LogP contribution in [0, 0.1) is 19.3 Å². The standard InChI is InChI=1S/C11H18N4/c1-4-5-6-13-11(7-12)10-8-14-15(3)9(10)2/h1,8,11,13H,5-7,12H2,2-3H3. The summed E-state index contributed by atoms with van der Waals surface area (Å²) in [6.07, 6.45) is 7.77. The Morgan fingerprint density at radius 2 is 2.47 bits per heavy atom. The van der Waals surface area contributed by atoms with E-state index in [9.17, 15) is 0 Å². The lowest BCUT2D eigenvalue weighted by Gasteiger charge is -2.15. The molecule has 0 spiro atoms. The van der Waals surface area contributed by atoms with Gasteiger partial charge in [-0.25, -0.2) is 0 Å². The third-order valence-corrected chi connectivity index (χ3v) is 2.54. The number of aromatic nitrogens is 2. The van der Waals surface area contributed by atoms with Crippen molar-refractivity contribution in [1.29, 1.82) is 0 Å². The van der Waals surface area contributed by atoms with Crippen molar-refractivity contribution in [2.45, 2.75) is 19.4 Å². The molecule has 4 nitrogen and oxygen atoms in total. The molecule has 3 N–H and O–H groups in total. The molecule has 0 aliphatic carbocycles. The molecule has 1 atom stereocenters. The van der Waals surface area contributed by atoms with Gasteiger partial charge in [-0.3, -0.25) is 4.68 Å². The van der Waals surface area contributed by atoms with Gasteiger partial charge >= 0.3 is 0 Å². The van der Waals surface area contributed by atoms with Crippen LogP contribution in [0.2, 0.25) is 0 Å². The molecule has 0 bridgehead atoms. The highest BCUT2D eigenvalue weighted by Gasteiger charge is 2.13. The number of aryl methyl sites for hydroxylation is 1. The number of nitrogens with one attached hydrogen (secondary N) is 1. The van der Waals surface area contributed by atoms with E-state index in [1.54, 1.807) is 0 Å². The van der Waals surface area contributed by atoms with Gasteiger partial charge in [0, 0.05) is 43.9 Å². The number of hydrogen-bond donors (Lipinski definition) is 2. The van der Waals surface area contributed by atoms with E-state index in [0.717, 1.165) is 24.2 Å². The molecule has 0 fully saturated rings. The van der Waals surface area contributed by atoms with Crippen molar-refractivity contribution in [2.75, 3.05) is 13.1 Å². The van der Waals surface area contributed by atoms with Gasteiger partial charge in [-0.15, -0.1) is 12.3 Å². The third-order valence-electron chi connectivity index (χ3n) is 2.54. The summed E-state index contributed by atoms with van der Waals surface area (Å²) in [7, 11) is 1.92. The molecule has 1 unspecified atom stereocenters. The van der Waals surface area contributed by atoms with Gasteiger partial charge in [0.1, 0.15) is 0 Å². The molecule has 15 heavy (non-hydrogen) atoms. The van der Waals surface area contributed by atoms with Crippen LogP contribution in [0.3, 0.4) is 0 Å². The van der Waals surface area contributed by atoms with Crippen molar-refractivity contribution >= 4 is 0 Å². The van der Waals surface area contributed by atoms with Gasteiger partial charge in [0.15, 0.2) is 0 Å². The van der Waals surface area contributed by atoms with E-state index in [2.05, 4.69) is 16.3 Å². The Balaban J connectivity index is 2.66. The van der Waals surface area contributed by atoms with Crippen LogP contribution in [0.1, 0.15) is 23.7 Å². The van der Waals surface area contributed by atoms with E-state index in [0.29, 0.717) is 6.54 Å². The summed E-state index contributed by atoms with van der Waals surface area (Å²) < 4.78 is 1.85. The zero-order chi connectivity index (χ0) is 11.3. The predicted molar refractivity (Wildman–Crippen MR) is 61.2 cm³/mol. The maximum absolute atomic E-state index is 5.71. The van der Waals surface area contributed by atoms with Crippen molar-refractivity contribution in [3.63, 3.8) is 0 Å². The average molecular weight is 206 g/mol. The van der Waals surface area contributed by atoms with E-state index in [-0.39, 0.29) is 6.04 Å². The second-order valence-electron chi connectivity index (χ2n) is 3.51. The molecule has 0 aliphatic heterocycles. The van der Waals surface area contributed by atoms with Gasteiger partial charge in [0.2, 0.25) is 0 Å². The Morgan fingerprint density at radius 3 is 2.93 bits per heavy atom. The Bertz CT molecular complexity index is 348. The molecule has 1 aromatic heterocycles. The van der Waals surface area contributed by atoms with Crippen molar-refractivity contribution in [3.8, 4) is 12.3 Å². The summed E-state index contributed by atoms with van der Waals surface area (Å²) in [5, 5.41) is 7.51. The van der Waals surface area contributed by atoms with Gasteiger partial charge in [-0.1, -0.05) is 0 Å². The number of terminal acetylenes is 1. The quantitative estimate of drug-likeness (QED) is 0.539. The molecular weight excluding hydrogens is 188 g/mol. The van der Waals surface area contributed by atoms with E-state index in [1.165, 1.54) is 0 Å². The maximum atomic E-state index is 5.71. The normalized spacial score (nSPS) is 12.4. The van der Waals surface area contributed by atoms with E-state index < -0.39 is 0 Å². The van der Waals surface area contributed by atoms with Crippen LogP contribution >= 0.6 is 0 Å². The molecule has 1 rings (SSSR count). The minimum Gasteiger partial charge on any atom is -0.329 e. The highest BCUT2D eigenvalue weighted by atomic mass is 15.3. The van der Waals surface area contributed by atoms with Gasteiger partial charge in [-0.05, 0) is 6.92 Å².